The Morgan fingerprint density at radius 3 is 2.58 bits per heavy atom. The molecule has 0 bridgehead atoms. The third-order valence-corrected chi connectivity index (χ3v) is 4.27. The highest BCUT2D eigenvalue weighted by atomic mass is 32.1. The highest BCUT2D eigenvalue weighted by molar-refractivity contribution is 7.20. The number of fused-ring (bicyclic) bond motifs is 1. The number of hydrogen-bond acceptors (Lipinski definition) is 3. The first-order valence-corrected chi connectivity index (χ1v) is 6.66. The quantitative estimate of drug-likeness (QED) is 0.689. The van der Waals surface area contributed by atoms with Crippen LogP contribution in [-0.4, -0.2) is 5.11 Å². The molecule has 2 heterocycles. The van der Waals surface area contributed by atoms with Gasteiger partial charge in [-0.05, 0) is 6.07 Å². The normalized spacial score (nSPS) is 10.5. The Morgan fingerprint density at radius 2 is 1.89 bits per heavy atom. The average molecular weight is 267 g/mol. The molecule has 19 heavy (non-hydrogen) atoms. The maximum atomic E-state index is 10.4. The molecule has 0 aliphatic heterocycles. The molecule has 0 amide bonds. The molecule has 4 heteroatoms. The van der Waals surface area contributed by atoms with Crippen molar-refractivity contribution in [2.24, 2.45) is 0 Å². The lowest BCUT2D eigenvalue weighted by atomic mass is 10.2. The molecule has 0 saturated carbocycles. The summed E-state index contributed by atoms with van der Waals surface area (Å²) in [5.74, 6) is 0.195. The van der Waals surface area contributed by atoms with E-state index in [0.717, 1.165) is 21.0 Å². The molecule has 2 aromatic heterocycles. The second-order valence-electron chi connectivity index (χ2n) is 4.26. The smallest absolute Gasteiger partial charge is 0.390 e. The molecule has 3 nitrogen and oxygen atoms in total. The van der Waals surface area contributed by atoms with Crippen LogP contribution < -0.4 is 4.40 Å². The topological polar surface area (TPSA) is 48.1 Å². The van der Waals surface area contributed by atoms with Crippen LogP contribution in [0.4, 0.5) is 0 Å². The molecule has 92 valence electrons. The summed E-state index contributed by atoms with van der Waals surface area (Å²) in [5, 5.41) is 19.6. The van der Waals surface area contributed by atoms with Crippen molar-refractivity contribution >= 4 is 16.2 Å². The van der Waals surface area contributed by atoms with Crippen molar-refractivity contribution in [2.45, 2.75) is 6.92 Å². The van der Waals surface area contributed by atoms with Crippen LogP contribution in [0.2, 0.25) is 0 Å². The molecular weight excluding hydrogens is 256 g/mol. The van der Waals surface area contributed by atoms with E-state index >= 15 is 0 Å². The number of nitriles is 1. The molecule has 3 aromatic rings. The van der Waals surface area contributed by atoms with Crippen molar-refractivity contribution in [3.8, 4) is 22.4 Å². The van der Waals surface area contributed by atoms with Gasteiger partial charge in [0.25, 0.3) is 4.83 Å². The SMILES string of the molecule is Cc1ccc(C#N)c2sc(-c3ccccc3)c(O)[n+]12. The Bertz CT molecular complexity index is 800. The minimum absolute atomic E-state index is 0.195. The standard InChI is InChI=1S/C15H10N2OS/c1-10-7-8-12(9-16)15-17(10)14(18)13(19-15)11-5-3-2-4-6-11/h2-8H,1H3/p+1. The van der Waals surface area contributed by atoms with E-state index in [1.807, 2.05) is 43.3 Å². The number of rotatable bonds is 1. The van der Waals surface area contributed by atoms with Gasteiger partial charge in [-0.25, -0.2) is 0 Å². The van der Waals surface area contributed by atoms with Gasteiger partial charge in [0.05, 0.1) is 0 Å². The second kappa shape index (κ2) is 4.38. The van der Waals surface area contributed by atoms with Gasteiger partial charge >= 0.3 is 5.88 Å². The number of benzene rings is 1. The van der Waals surface area contributed by atoms with Crippen molar-refractivity contribution in [1.29, 1.82) is 5.26 Å². The molecule has 1 N–H and O–H groups in total. The number of aryl methyl sites for hydroxylation is 1. The van der Waals surface area contributed by atoms with E-state index in [2.05, 4.69) is 6.07 Å². The van der Waals surface area contributed by atoms with E-state index in [1.165, 1.54) is 11.3 Å². The van der Waals surface area contributed by atoms with Crippen LogP contribution in [0.15, 0.2) is 42.5 Å². The third kappa shape index (κ3) is 1.76. The van der Waals surface area contributed by atoms with Crippen LogP contribution in [0.3, 0.4) is 0 Å². The molecule has 0 saturated heterocycles. The predicted molar refractivity (Wildman–Crippen MR) is 74.0 cm³/mol. The maximum absolute atomic E-state index is 10.4. The molecule has 1 aromatic carbocycles. The van der Waals surface area contributed by atoms with Gasteiger partial charge in [-0.3, -0.25) is 0 Å². The Balaban J connectivity index is 2.39. The minimum Gasteiger partial charge on any atom is -0.458 e. The fourth-order valence-corrected chi connectivity index (χ4v) is 3.28. The summed E-state index contributed by atoms with van der Waals surface area (Å²) in [4.78, 5) is 1.56. The summed E-state index contributed by atoms with van der Waals surface area (Å²) in [7, 11) is 0. The lowest BCUT2D eigenvalue weighted by Crippen LogP contribution is -2.23. The lowest BCUT2D eigenvalue weighted by molar-refractivity contribution is -0.525. The zero-order chi connectivity index (χ0) is 13.4. The zero-order valence-corrected chi connectivity index (χ0v) is 11.1. The van der Waals surface area contributed by atoms with Crippen molar-refractivity contribution in [2.75, 3.05) is 0 Å². The van der Waals surface area contributed by atoms with E-state index in [-0.39, 0.29) is 5.88 Å². The molecule has 0 aliphatic carbocycles. The van der Waals surface area contributed by atoms with Gasteiger partial charge in [-0.15, -0.1) is 4.40 Å². The molecule has 0 atom stereocenters. The molecule has 0 unspecified atom stereocenters. The van der Waals surface area contributed by atoms with E-state index in [4.69, 9.17) is 5.26 Å². The van der Waals surface area contributed by atoms with E-state index in [0.29, 0.717) is 5.56 Å². The molecule has 0 aliphatic rings. The summed E-state index contributed by atoms with van der Waals surface area (Å²) in [6, 6.07) is 15.5. The van der Waals surface area contributed by atoms with Crippen molar-refractivity contribution in [3.63, 3.8) is 0 Å². The van der Waals surface area contributed by atoms with Gasteiger partial charge in [-0.2, -0.15) is 5.26 Å². The largest absolute Gasteiger partial charge is 0.458 e. The van der Waals surface area contributed by atoms with Crippen LogP contribution in [0, 0.1) is 18.3 Å². The summed E-state index contributed by atoms with van der Waals surface area (Å²) < 4.78 is 1.73. The van der Waals surface area contributed by atoms with Gasteiger partial charge in [0.1, 0.15) is 11.6 Å². The summed E-state index contributed by atoms with van der Waals surface area (Å²) in [6.07, 6.45) is 0. The van der Waals surface area contributed by atoms with Gasteiger partial charge in [-0.1, -0.05) is 41.7 Å². The Kier molecular flexibility index (Phi) is 2.69. The van der Waals surface area contributed by atoms with Crippen LogP contribution in [0.1, 0.15) is 11.3 Å². The molecule has 0 spiro atoms. The zero-order valence-electron chi connectivity index (χ0n) is 10.3. The highest BCUT2D eigenvalue weighted by Crippen LogP contribution is 2.35. The van der Waals surface area contributed by atoms with Crippen molar-refractivity contribution in [1.82, 2.24) is 0 Å². The van der Waals surface area contributed by atoms with Crippen LogP contribution >= 0.6 is 11.3 Å². The number of pyridine rings is 1. The number of thiazole rings is 1. The number of aromatic nitrogens is 1. The van der Waals surface area contributed by atoms with E-state index in [1.54, 1.807) is 10.5 Å². The first-order valence-electron chi connectivity index (χ1n) is 5.85. The van der Waals surface area contributed by atoms with Crippen molar-refractivity contribution in [3.05, 3.63) is 53.7 Å². The van der Waals surface area contributed by atoms with Gasteiger partial charge in [0, 0.05) is 18.6 Å². The van der Waals surface area contributed by atoms with Gasteiger partial charge in [0.2, 0.25) is 0 Å². The Hall–Kier alpha value is -2.38. The van der Waals surface area contributed by atoms with Gasteiger partial charge < -0.3 is 5.11 Å². The predicted octanol–water partition coefficient (Wildman–Crippen LogP) is 3.04. The Morgan fingerprint density at radius 1 is 1.16 bits per heavy atom. The summed E-state index contributed by atoms with van der Waals surface area (Å²) >= 11 is 1.43. The van der Waals surface area contributed by atoms with Crippen LogP contribution in [0.25, 0.3) is 15.3 Å². The number of nitrogens with zero attached hydrogens (tertiary/aromatic N) is 2. The minimum atomic E-state index is 0.195. The monoisotopic (exact) mass is 267 g/mol. The molecule has 0 fully saturated rings. The van der Waals surface area contributed by atoms with Crippen LogP contribution in [0.5, 0.6) is 5.88 Å². The lowest BCUT2D eigenvalue weighted by Gasteiger charge is -1.93. The molecule has 0 radical (unpaired) electrons. The molecular formula is C15H11N2OS+. The maximum Gasteiger partial charge on any atom is 0.390 e. The fourth-order valence-electron chi connectivity index (χ4n) is 2.10. The van der Waals surface area contributed by atoms with E-state index in [9.17, 15) is 5.11 Å². The Labute approximate surface area is 114 Å². The fraction of sp³-hybridized carbons (Fsp3) is 0.0667. The third-order valence-electron chi connectivity index (χ3n) is 3.05. The highest BCUT2D eigenvalue weighted by Gasteiger charge is 2.25. The average Bonchev–Trinajstić information content (AvgIpc) is 2.79. The number of aromatic hydroxyl groups is 1. The van der Waals surface area contributed by atoms with Crippen LogP contribution in [-0.2, 0) is 0 Å². The second-order valence-corrected chi connectivity index (χ2v) is 5.26. The van der Waals surface area contributed by atoms with Crippen molar-refractivity contribution < 1.29 is 9.51 Å². The summed E-state index contributed by atoms with van der Waals surface area (Å²) in [6.45, 7) is 1.91. The van der Waals surface area contributed by atoms with E-state index < -0.39 is 0 Å². The first kappa shape index (κ1) is 11.7. The van der Waals surface area contributed by atoms with Gasteiger partial charge in [0.15, 0.2) is 10.6 Å². The number of hydrogen-bond donors (Lipinski definition) is 1. The molecule has 3 rings (SSSR count). The first-order chi connectivity index (χ1) is 9.22. The summed E-state index contributed by atoms with van der Waals surface area (Å²) in [5.41, 5.74) is 2.44.